The van der Waals surface area contributed by atoms with E-state index in [2.05, 4.69) is 41.5 Å². The SMILES string of the molecule is CCN(CC)C(=O)CSc1nnc(Nc2ccc(C(C)C)cc2)s1. The highest BCUT2D eigenvalue weighted by atomic mass is 32.2. The Kier molecular flexibility index (Phi) is 7.05. The van der Waals surface area contributed by atoms with Crippen LogP contribution in [0.5, 0.6) is 0 Å². The number of nitrogens with zero attached hydrogens (tertiary/aromatic N) is 3. The highest BCUT2D eigenvalue weighted by Gasteiger charge is 2.12. The van der Waals surface area contributed by atoms with Crippen molar-refractivity contribution >= 4 is 39.8 Å². The first-order chi connectivity index (χ1) is 11.5. The first kappa shape index (κ1) is 18.7. The molecule has 1 aromatic heterocycles. The molecular weight excluding hydrogens is 340 g/mol. The maximum Gasteiger partial charge on any atom is 0.233 e. The largest absolute Gasteiger partial charge is 0.343 e. The average molecular weight is 365 g/mol. The van der Waals surface area contributed by atoms with Gasteiger partial charge in [0.15, 0.2) is 4.34 Å². The Balaban J connectivity index is 1.90. The Morgan fingerprint density at radius 3 is 2.46 bits per heavy atom. The predicted molar refractivity (Wildman–Crippen MR) is 102 cm³/mol. The molecule has 1 heterocycles. The van der Waals surface area contributed by atoms with Gasteiger partial charge in [0.2, 0.25) is 11.0 Å². The number of carbonyl (C=O) groups excluding carboxylic acids is 1. The minimum Gasteiger partial charge on any atom is -0.343 e. The van der Waals surface area contributed by atoms with E-state index in [-0.39, 0.29) is 5.91 Å². The topological polar surface area (TPSA) is 58.1 Å². The lowest BCUT2D eigenvalue weighted by Crippen LogP contribution is -2.31. The van der Waals surface area contributed by atoms with E-state index in [0.29, 0.717) is 11.7 Å². The number of thioether (sulfide) groups is 1. The summed E-state index contributed by atoms with van der Waals surface area (Å²) in [7, 11) is 0. The predicted octanol–water partition coefficient (Wildman–Crippen LogP) is 4.37. The van der Waals surface area contributed by atoms with Crippen LogP contribution in [0.25, 0.3) is 0 Å². The van der Waals surface area contributed by atoms with E-state index in [9.17, 15) is 4.79 Å². The molecule has 24 heavy (non-hydrogen) atoms. The van der Waals surface area contributed by atoms with Gasteiger partial charge in [0.05, 0.1) is 5.75 Å². The Hall–Kier alpha value is -1.60. The number of benzene rings is 1. The fourth-order valence-electron chi connectivity index (χ4n) is 2.18. The molecule has 5 nitrogen and oxygen atoms in total. The van der Waals surface area contributed by atoms with E-state index < -0.39 is 0 Å². The first-order valence-corrected chi connectivity index (χ1v) is 9.94. The molecule has 0 saturated heterocycles. The van der Waals surface area contributed by atoms with Gasteiger partial charge in [-0.2, -0.15) is 0 Å². The van der Waals surface area contributed by atoms with Crippen LogP contribution >= 0.6 is 23.1 Å². The van der Waals surface area contributed by atoms with Gasteiger partial charge in [0.1, 0.15) is 0 Å². The van der Waals surface area contributed by atoms with Crippen LogP contribution in [0.4, 0.5) is 10.8 Å². The van der Waals surface area contributed by atoms with Crippen LogP contribution in [0.3, 0.4) is 0 Å². The van der Waals surface area contributed by atoms with Crippen molar-refractivity contribution in [3.8, 4) is 0 Å². The van der Waals surface area contributed by atoms with Crippen molar-refractivity contribution in [2.45, 2.75) is 38.0 Å². The fraction of sp³-hybridized carbons (Fsp3) is 0.471. The molecule has 0 bridgehead atoms. The first-order valence-electron chi connectivity index (χ1n) is 8.14. The third kappa shape index (κ3) is 5.21. The molecule has 1 N–H and O–H groups in total. The summed E-state index contributed by atoms with van der Waals surface area (Å²) in [5.74, 6) is 1.06. The van der Waals surface area contributed by atoms with Crippen LogP contribution in [0, 0.1) is 0 Å². The molecule has 2 aromatic rings. The zero-order chi connectivity index (χ0) is 17.5. The van der Waals surface area contributed by atoms with Gasteiger partial charge in [0, 0.05) is 18.8 Å². The summed E-state index contributed by atoms with van der Waals surface area (Å²) in [5.41, 5.74) is 2.30. The van der Waals surface area contributed by atoms with Crippen LogP contribution in [-0.4, -0.2) is 39.8 Å². The van der Waals surface area contributed by atoms with Gasteiger partial charge in [-0.3, -0.25) is 4.79 Å². The second kappa shape index (κ2) is 9.03. The Labute approximate surface area is 151 Å². The minimum atomic E-state index is 0.138. The highest BCUT2D eigenvalue weighted by Crippen LogP contribution is 2.28. The molecule has 0 saturated carbocycles. The zero-order valence-corrected chi connectivity index (χ0v) is 16.2. The van der Waals surface area contributed by atoms with E-state index in [1.807, 2.05) is 30.9 Å². The molecule has 0 aliphatic rings. The molecule has 0 aliphatic carbocycles. The van der Waals surface area contributed by atoms with Gasteiger partial charge in [-0.15, -0.1) is 10.2 Å². The normalized spacial score (nSPS) is 10.9. The molecule has 7 heteroatoms. The second-order valence-electron chi connectivity index (χ2n) is 5.63. The maximum atomic E-state index is 12.0. The summed E-state index contributed by atoms with van der Waals surface area (Å²) >= 11 is 2.91. The van der Waals surface area contributed by atoms with E-state index in [4.69, 9.17) is 0 Å². The number of nitrogens with one attached hydrogen (secondary N) is 1. The molecule has 0 radical (unpaired) electrons. The standard InChI is InChI=1S/C17H24N4OS2/c1-5-21(6-2)15(22)11-23-17-20-19-16(24-17)18-14-9-7-13(8-10-14)12(3)4/h7-10,12H,5-6,11H2,1-4H3,(H,18,19). The average Bonchev–Trinajstić information content (AvgIpc) is 3.02. The van der Waals surface area contributed by atoms with Crippen LogP contribution < -0.4 is 5.32 Å². The van der Waals surface area contributed by atoms with Crippen molar-refractivity contribution in [1.29, 1.82) is 0 Å². The Bertz CT molecular complexity index is 651. The molecule has 0 spiro atoms. The second-order valence-corrected chi connectivity index (χ2v) is 7.83. The van der Waals surface area contributed by atoms with Gasteiger partial charge in [0.25, 0.3) is 0 Å². The van der Waals surface area contributed by atoms with Gasteiger partial charge in [-0.25, -0.2) is 0 Å². The number of anilines is 2. The number of hydrogen-bond donors (Lipinski definition) is 1. The quantitative estimate of drug-likeness (QED) is 0.705. The van der Waals surface area contributed by atoms with Crippen molar-refractivity contribution in [3.05, 3.63) is 29.8 Å². The number of amides is 1. The van der Waals surface area contributed by atoms with Gasteiger partial charge >= 0.3 is 0 Å². The van der Waals surface area contributed by atoms with E-state index in [0.717, 1.165) is 28.2 Å². The lowest BCUT2D eigenvalue weighted by molar-refractivity contribution is -0.127. The monoisotopic (exact) mass is 364 g/mol. The minimum absolute atomic E-state index is 0.138. The van der Waals surface area contributed by atoms with Crippen LogP contribution in [-0.2, 0) is 4.79 Å². The molecular formula is C17H24N4OS2. The van der Waals surface area contributed by atoms with Crippen LogP contribution in [0.1, 0.15) is 39.2 Å². The molecule has 130 valence electrons. The van der Waals surface area contributed by atoms with E-state index >= 15 is 0 Å². The molecule has 0 unspecified atom stereocenters. The Morgan fingerprint density at radius 2 is 1.88 bits per heavy atom. The van der Waals surface area contributed by atoms with Crippen LogP contribution in [0.15, 0.2) is 28.6 Å². The van der Waals surface area contributed by atoms with Crippen molar-refractivity contribution in [2.24, 2.45) is 0 Å². The smallest absolute Gasteiger partial charge is 0.233 e. The highest BCUT2D eigenvalue weighted by molar-refractivity contribution is 8.01. The summed E-state index contributed by atoms with van der Waals surface area (Å²) in [6, 6.07) is 8.33. The third-order valence-corrected chi connectivity index (χ3v) is 5.63. The number of rotatable bonds is 8. The number of carbonyl (C=O) groups is 1. The molecule has 0 aliphatic heterocycles. The van der Waals surface area contributed by atoms with Gasteiger partial charge in [-0.05, 0) is 37.5 Å². The van der Waals surface area contributed by atoms with E-state index in [1.165, 1.54) is 28.7 Å². The van der Waals surface area contributed by atoms with Crippen LogP contribution in [0.2, 0.25) is 0 Å². The summed E-state index contributed by atoms with van der Waals surface area (Å²) in [6.07, 6.45) is 0. The number of hydrogen-bond acceptors (Lipinski definition) is 6. The van der Waals surface area contributed by atoms with Gasteiger partial charge in [-0.1, -0.05) is 49.1 Å². The van der Waals surface area contributed by atoms with Gasteiger partial charge < -0.3 is 10.2 Å². The third-order valence-electron chi connectivity index (χ3n) is 3.67. The fourth-order valence-corrected chi connectivity index (χ4v) is 3.86. The molecule has 0 fully saturated rings. The Morgan fingerprint density at radius 1 is 1.21 bits per heavy atom. The lowest BCUT2D eigenvalue weighted by Gasteiger charge is -2.17. The van der Waals surface area contributed by atoms with Crippen molar-refractivity contribution in [1.82, 2.24) is 15.1 Å². The lowest BCUT2D eigenvalue weighted by atomic mass is 10.0. The number of aromatic nitrogens is 2. The molecule has 2 rings (SSSR count). The molecule has 1 aromatic carbocycles. The molecule has 0 atom stereocenters. The summed E-state index contributed by atoms with van der Waals surface area (Å²) in [4.78, 5) is 13.8. The van der Waals surface area contributed by atoms with Crippen molar-refractivity contribution in [3.63, 3.8) is 0 Å². The summed E-state index contributed by atoms with van der Waals surface area (Å²) in [5, 5.41) is 12.3. The maximum absolute atomic E-state index is 12.0. The zero-order valence-electron chi connectivity index (χ0n) is 14.6. The van der Waals surface area contributed by atoms with Crippen molar-refractivity contribution in [2.75, 3.05) is 24.2 Å². The van der Waals surface area contributed by atoms with Crippen molar-refractivity contribution < 1.29 is 4.79 Å². The molecule has 1 amide bonds. The summed E-state index contributed by atoms with van der Waals surface area (Å²) < 4.78 is 0.803. The van der Waals surface area contributed by atoms with E-state index in [1.54, 1.807) is 0 Å². The summed E-state index contributed by atoms with van der Waals surface area (Å²) in [6.45, 7) is 9.82.